The van der Waals surface area contributed by atoms with Crippen LogP contribution >= 0.6 is 11.8 Å². The van der Waals surface area contributed by atoms with E-state index in [0.29, 0.717) is 10.6 Å². The topological polar surface area (TPSA) is 98.3 Å². The summed E-state index contributed by atoms with van der Waals surface area (Å²) < 4.78 is 0. The summed E-state index contributed by atoms with van der Waals surface area (Å²) in [5.74, 6) is -0.116. The van der Waals surface area contributed by atoms with E-state index in [0.717, 1.165) is 0 Å². The van der Waals surface area contributed by atoms with Gasteiger partial charge >= 0.3 is 0 Å². The van der Waals surface area contributed by atoms with Crippen molar-refractivity contribution < 1.29 is 9.72 Å². The van der Waals surface area contributed by atoms with Gasteiger partial charge in [0, 0.05) is 11.8 Å². The Morgan fingerprint density at radius 2 is 2.24 bits per heavy atom. The Labute approximate surface area is 103 Å². The lowest BCUT2D eigenvalue weighted by atomic mass is 10.3. The summed E-state index contributed by atoms with van der Waals surface area (Å²) in [6.45, 7) is 0. The molecule has 3 N–H and O–H groups in total. The summed E-state index contributed by atoms with van der Waals surface area (Å²) in [7, 11) is 1.62. The molecule has 0 saturated carbocycles. The van der Waals surface area contributed by atoms with Crippen molar-refractivity contribution in [2.45, 2.75) is 10.9 Å². The lowest BCUT2D eigenvalue weighted by molar-refractivity contribution is -0.387. The van der Waals surface area contributed by atoms with Crippen molar-refractivity contribution in [2.24, 2.45) is 5.73 Å². The largest absolute Gasteiger partial charge is 0.368 e. The van der Waals surface area contributed by atoms with Gasteiger partial charge in [-0.1, -0.05) is 12.1 Å². The SMILES string of the molecule is CNC(CSc1ccccc1[N+](=O)[O-])C(N)=O. The Morgan fingerprint density at radius 1 is 1.59 bits per heavy atom. The molecule has 0 bridgehead atoms. The van der Waals surface area contributed by atoms with E-state index in [-0.39, 0.29) is 5.69 Å². The van der Waals surface area contributed by atoms with E-state index in [1.807, 2.05) is 0 Å². The van der Waals surface area contributed by atoms with Crippen LogP contribution in [0.2, 0.25) is 0 Å². The molecule has 0 spiro atoms. The number of carbonyl (C=O) groups excluding carboxylic acids is 1. The highest BCUT2D eigenvalue weighted by Gasteiger charge is 2.17. The summed E-state index contributed by atoms with van der Waals surface area (Å²) in [5.41, 5.74) is 5.20. The molecule has 1 atom stereocenters. The van der Waals surface area contributed by atoms with Gasteiger partial charge in [0.1, 0.15) is 0 Å². The maximum absolute atomic E-state index is 11.0. The Hall–Kier alpha value is -1.60. The molecular formula is C10H13N3O3S. The molecule has 0 aliphatic carbocycles. The number of nitro groups is 1. The van der Waals surface area contributed by atoms with Crippen molar-refractivity contribution >= 4 is 23.4 Å². The second kappa shape index (κ2) is 6.21. The molecule has 0 aliphatic heterocycles. The Morgan fingerprint density at radius 3 is 2.76 bits per heavy atom. The van der Waals surface area contributed by atoms with Gasteiger partial charge < -0.3 is 11.1 Å². The van der Waals surface area contributed by atoms with Crippen LogP contribution in [0.4, 0.5) is 5.69 Å². The zero-order chi connectivity index (χ0) is 12.8. The maximum atomic E-state index is 11.0. The fourth-order valence-corrected chi connectivity index (χ4v) is 2.35. The van der Waals surface area contributed by atoms with Crippen LogP contribution in [0.3, 0.4) is 0 Å². The van der Waals surface area contributed by atoms with Gasteiger partial charge in [-0.2, -0.15) is 0 Å². The van der Waals surface area contributed by atoms with Gasteiger partial charge in [0.05, 0.1) is 15.9 Å². The number of carbonyl (C=O) groups is 1. The molecule has 0 radical (unpaired) electrons. The molecule has 1 rings (SSSR count). The minimum absolute atomic E-state index is 0.0387. The van der Waals surface area contributed by atoms with Crippen LogP contribution < -0.4 is 11.1 Å². The second-order valence-electron chi connectivity index (χ2n) is 3.28. The maximum Gasteiger partial charge on any atom is 0.282 e. The molecule has 92 valence electrons. The number of likely N-dealkylation sites (N-methyl/N-ethyl adjacent to an activating group) is 1. The number of benzene rings is 1. The quantitative estimate of drug-likeness (QED) is 0.444. The molecule has 0 fully saturated rings. The summed E-state index contributed by atoms with van der Waals surface area (Å²) in [4.78, 5) is 21.8. The molecule has 6 nitrogen and oxygen atoms in total. The minimum Gasteiger partial charge on any atom is -0.368 e. The number of hydrogen-bond donors (Lipinski definition) is 2. The molecule has 0 saturated heterocycles. The van der Waals surface area contributed by atoms with E-state index >= 15 is 0 Å². The van der Waals surface area contributed by atoms with Crippen LogP contribution in [-0.2, 0) is 4.79 Å². The minimum atomic E-state index is -0.500. The van der Waals surface area contributed by atoms with Crippen molar-refractivity contribution in [3.63, 3.8) is 0 Å². The van der Waals surface area contributed by atoms with Crippen LogP contribution in [0, 0.1) is 10.1 Å². The predicted molar refractivity (Wildman–Crippen MR) is 65.9 cm³/mol. The highest BCUT2D eigenvalue weighted by Crippen LogP contribution is 2.28. The van der Waals surface area contributed by atoms with E-state index in [1.165, 1.54) is 17.8 Å². The molecule has 1 amide bonds. The van der Waals surface area contributed by atoms with Crippen molar-refractivity contribution in [1.29, 1.82) is 0 Å². The molecule has 1 aromatic carbocycles. The van der Waals surface area contributed by atoms with E-state index in [4.69, 9.17) is 5.73 Å². The van der Waals surface area contributed by atoms with Crippen molar-refractivity contribution in [3.8, 4) is 0 Å². The second-order valence-corrected chi connectivity index (χ2v) is 4.34. The molecule has 0 aromatic heterocycles. The fourth-order valence-electron chi connectivity index (χ4n) is 1.21. The Bertz CT molecular complexity index is 425. The zero-order valence-corrected chi connectivity index (χ0v) is 10.1. The third-order valence-electron chi connectivity index (χ3n) is 2.16. The number of hydrogen-bond acceptors (Lipinski definition) is 5. The zero-order valence-electron chi connectivity index (χ0n) is 9.25. The standard InChI is InChI=1S/C10H13N3O3S/c1-12-7(10(11)14)6-17-9-5-3-2-4-8(9)13(15)16/h2-5,7,12H,6H2,1H3,(H2,11,14). The van der Waals surface area contributed by atoms with Crippen molar-refractivity contribution in [2.75, 3.05) is 12.8 Å². The molecule has 0 aliphatic rings. The van der Waals surface area contributed by atoms with Crippen LogP contribution in [0.1, 0.15) is 0 Å². The number of nitrogens with two attached hydrogens (primary N) is 1. The molecular weight excluding hydrogens is 242 g/mol. The van der Waals surface area contributed by atoms with E-state index in [2.05, 4.69) is 5.32 Å². The van der Waals surface area contributed by atoms with Gasteiger partial charge in [0.25, 0.3) is 5.69 Å². The van der Waals surface area contributed by atoms with E-state index in [9.17, 15) is 14.9 Å². The van der Waals surface area contributed by atoms with Gasteiger partial charge in [-0.25, -0.2) is 0 Å². The van der Waals surface area contributed by atoms with Gasteiger partial charge in [0.15, 0.2) is 0 Å². The fraction of sp³-hybridized carbons (Fsp3) is 0.300. The average Bonchev–Trinajstić information content (AvgIpc) is 2.29. The molecule has 0 heterocycles. The monoisotopic (exact) mass is 255 g/mol. The first-order chi connectivity index (χ1) is 8.06. The first-order valence-corrected chi connectivity index (χ1v) is 5.87. The number of thioether (sulfide) groups is 1. The van der Waals surface area contributed by atoms with E-state index in [1.54, 1.807) is 25.2 Å². The molecule has 17 heavy (non-hydrogen) atoms. The summed E-state index contributed by atoms with van der Waals surface area (Å²) in [6.07, 6.45) is 0. The van der Waals surface area contributed by atoms with Gasteiger partial charge in [-0.05, 0) is 13.1 Å². The Balaban J connectivity index is 2.75. The van der Waals surface area contributed by atoms with Crippen LogP contribution in [-0.4, -0.2) is 29.7 Å². The number of nitro benzene ring substituents is 1. The first kappa shape index (κ1) is 13.5. The van der Waals surface area contributed by atoms with Crippen molar-refractivity contribution in [1.82, 2.24) is 5.32 Å². The van der Waals surface area contributed by atoms with Crippen LogP contribution in [0.25, 0.3) is 0 Å². The lowest BCUT2D eigenvalue weighted by Crippen LogP contribution is -2.41. The molecule has 1 unspecified atom stereocenters. The first-order valence-electron chi connectivity index (χ1n) is 4.89. The number of para-hydroxylation sites is 1. The normalized spacial score (nSPS) is 12.1. The number of nitrogens with zero attached hydrogens (tertiary/aromatic N) is 1. The highest BCUT2D eigenvalue weighted by molar-refractivity contribution is 7.99. The molecule has 1 aromatic rings. The van der Waals surface area contributed by atoms with Crippen LogP contribution in [0.5, 0.6) is 0 Å². The predicted octanol–water partition coefficient (Wildman–Crippen LogP) is 0.760. The number of nitrogens with one attached hydrogen (secondary N) is 1. The Kier molecular flexibility index (Phi) is 4.92. The van der Waals surface area contributed by atoms with E-state index < -0.39 is 16.9 Å². The van der Waals surface area contributed by atoms with Gasteiger partial charge in [0.2, 0.25) is 5.91 Å². The number of rotatable bonds is 6. The summed E-state index contributed by atoms with van der Waals surface area (Å²) in [5, 5.41) is 13.5. The number of primary amides is 1. The lowest BCUT2D eigenvalue weighted by Gasteiger charge is -2.11. The van der Waals surface area contributed by atoms with Crippen LogP contribution in [0.15, 0.2) is 29.2 Å². The van der Waals surface area contributed by atoms with Crippen molar-refractivity contribution in [3.05, 3.63) is 34.4 Å². The average molecular weight is 255 g/mol. The third kappa shape index (κ3) is 3.72. The van der Waals surface area contributed by atoms with Gasteiger partial charge in [-0.3, -0.25) is 14.9 Å². The summed E-state index contributed by atoms with van der Waals surface area (Å²) in [6, 6.07) is 5.90. The van der Waals surface area contributed by atoms with Gasteiger partial charge in [-0.15, -0.1) is 11.8 Å². The third-order valence-corrected chi connectivity index (χ3v) is 3.32. The number of amides is 1. The molecule has 7 heteroatoms. The highest BCUT2D eigenvalue weighted by atomic mass is 32.2. The summed E-state index contributed by atoms with van der Waals surface area (Å²) >= 11 is 1.23. The smallest absolute Gasteiger partial charge is 0.282 e.